The van der Waals surface area contributed by atoms with E-state index >= 15 is 0 Å². The van der Waals surface area contributed by atoms with E-state index in [0.29, 0.717) is 23.7 Å². The molecule has 27 heavy (non-hydrogen) atoms. The first-order valence-corrected chi connectivity index (χ1v) is 9.27. The second-order valence-electron chi connectivity index (χ2n) is 6.78. The number of amides is 1. The highest BCUT2D eigenvalue weighted by molar-refractivity contribution is 6.35. The van der Waals surface area contributed by atoms with Crippen LogP contribution in [0.1, 0.15) is 33.3 Å². The number of fused-ring (bicyclic) bond motifs is 3. The van der Waals surface area contributed by atoms with Crippen LogP contribution in [0.3, 0.4) is 0 Å². The van der Waals surface area contributed by atoms with E-state index in [0.717, 1.165) is 28.5 Å². The Morgan fingerprint density at radius 3 is 2.74 bits per heavy atom. The fourth-order valence-corrected chi connectivity index (χ4v) is 4.12. The topological polar surface area (TPSA) is 84.2 Å². The van der Waals surface area contributed by atoms with E-state index in [2.05, 4.69) is 33.0 Å². The molecule has 5 rings (SSSR count). The van der Waals surface area contributed by atoms with Crippen LogP contribution in [-0.4, -0.2) is 22.3 Å². The number of aromatic amines is 1. The normalized spacial score (nSPS) is 17.4. The van der Waals surface area contributed by atoms with Gasteiger partial charge in [0.05, 0.1) is 10.5 Å². The van der Waals surface area contributed by atoms with Gasteiger partial charge in [-0.15, -0.1) is 0 Å². The Balaban J connectivity index is 1.48. The van der Waals surface area contributed by atoms with Gasteiger partial charge in [0.15, 0.2) is 0 Å². The molecule has 1 fully saturated rings. The monoisotopic (exact) mass is 382 g/mol. The number of H-pyrrole nitrogens is 1. The Morgan fingerprint density at radius 2 is 1.89 bits per heavy atom. The van der Waals surface area contributed by atoms with Crippen molar-refractivity contribution in [3.63, 3.8) is 0 Å². The van der Waals surface area contributed by atoms with E-state index in [4.69, 9.17) is 11.6 Å². The zero-order valence-corrected chi connectivity index (χ0v) is 15.2. The Morgan fingerprint density at radius 1 is 1.07 bits per heavy atom. The van der Waals surface area contributed by atoms with Crippen molar-refractivity contribution >= 4 is 28.4 Å². The smallest absolute Gasteiger partial charge is 0.254 e. The van der Waals surface area contributed by atoms with E-state index in [1.165, 1.54) is 5.69 Å². The number of hydrazine groups is 3. The lowest BCUT2D eigenvalue weighted by Crippen LogP contribution is -2.37. The molecule has 0 bridgehead atoms. The molecule has 138 valence electrons. The summed E-state index contributed by atoms with van der Waals surface area (Å²) in [7, 11) is 0. The molecule has 5 N–H and O–H groups in total. The van der Waals surface area contributed by atoms with Crippen LogP contribution in [-0.2, 0) is 13.0 Å². The Labute approximate surface area is 161 Å². The van der Waals surface area contributed by atoms with E-state index in [1.54, 1.807) is 0 Å². The first kappa shape index (κ1) is 16.7. The van der Waals surface area contributed by atoms with Gasteiger partial charge < -0.3 is 9.88 Å². The van der Waals surface area contributed by atoms with Gasteiger partial charge in [-0.3, -0.25) is 4.79 Å². The predicted octanol–water partition coefficient (Wildman–Crippen LogP) is 2.14. The highest BCUT2D eigenvalue weighted by Crippen LogP contribution is 2.32. The minimum Gasteiger partial charge on any atom is -0.357 e. The van der Waals surface area contributed by atoms with E-state index in [1.807, 2.05) is 41.3 Å². The number of hydrogen-bond donors (Lipinski definition) is 5. The third-order valence-electron chi connectivity index (χ3n) is 5.24. The number of carbonyl (C=O) groups is 1. The van der Waals surface area contributed by atoms with Crippen molar-refractivity contribution in [1.82, 2.24) is 31.8 Å². The summed E-state index contributed by atoms with van der Waals surface area (Å²) in [4.78, 5) is 18.6. The van der Waals surface area contributed by atoms with Gasteiger partial charge in [-0.2, -0.15) is 11.1 Å². The minimum absolute atomic E-state index is 0.0307. The summed E-state index contributed by atoms with van der Waals surface area (Å²) in [6, 6.07) is 13.6. The van der Waals surface area contributed by atoms with Crippen molar-refractivity contribution in [3.8, 4) is 0 Å². The summed E-state index contributed by atoms with van der Waals surface area (Å²) in [5, 5.41) is 1.80. The number of hydrogen-bond acceptors (Lipinski definition) is 5. The van der Waals surface area contributed by atoms with Crippen molar-refractivity contribution in [3.05, 3.63) is 69.9 Å². The zero-order valence-electron chi connectivity index (χ0n) is 14.5. The third kappa shape index (κ3) is 2.80. The van der Waals surface area contributed by atoms with Gasteiger partial charge in [-0.1, -0.05) is 41.9 Å². The van der Waals surface area contributed by atoms with Crippen LogP contribution in [0.2, 0.25) is 5.02 Å². The van der Waals surface area contributed by atoms with Crippen LogP contribution in [0, 0.1) is 0 Å². The quantitative estimate of drug-likeness (QED) is 0.469. The van der Waals surface area contributed by atoms with Crippen LogP contribution in [0.15, 0.2) is 42.5 Å². The second kappa shape index (κ2) is 6.63. The maximum absolute atomic E-state index is 13.3. The minimum atomic E-state index is -0.183. The number of nitrogens with one attached hydrogen (secondary N) is 5. The number of carbonyl (C=O) groups excluding carboxylic acids is 1. The highest BCUT2D eigenvalue weighted by atomic mass is 35.5. The van der Waals surface area contributed by atoms with Gasteiger partial charge in [-0.25, -0.2) is 10.9 Å². The van der Waals surface area contributed by atoms with Crippen molar-refractivity contribution in [1.29, 1.82) is 0 Å². The SMILES string of the molecule is O=C(c1ccccc1C1NNNN1)N1CCc2[nH]c3c(Cl)cccc3c2C1. The Kier molecular flexibility index (Phi) is 4.11. The Hall–Kier alpha value is -2.42. The average molecular weight is 383 g/mol. The van der Waals surface area contributed by atoms with Crippen LogP contribution < -0.4 is 21.9 Å². The third-order valence-corrected chi connectivity index (χ3v) is 5.56. The molecule has 7 nitrogen and oxygen atoms in total. The van der Waals surface area contributed by atoms with Gasteiger partial charge in [0.1, 0.15) is 6.17 Å². The number of para-hydroxylation sites is 1. The first-order chi connectivity index (χ1) is 13.2. The molecule has 2 aliphatic heterocycles. The van der Waals surface area contributed by atoms with Gasteiger partial charge >= 0.3 is 0 Å². The molecule has 3 aromatic rings. The summed E-state index contributed by atoms with van der Waals surface area (Å²) in [5.74, 6) is 0.0307. The summed E-state index contributed by atoms with van der Waals surface area (Å²) in [5.41, 5.74) is 16.6. The summed E-state index contributed by atoms with van der Waals surface area (Å²) < 4.78 is 0. The number of benzene rings is 2. The highest BCUT2D eigenvalue weighted by Gasteiger charge is 2.28. The molecule has 2 aliphatic rings. The fourth-order valence-electron chi connectivity index (χ4n) is 3.90. The largest absolute Gasteiger partial charge is 0.357 e. The van der Waals surface area contributed by atoms with Crippen LogP contribution >= 0.6 is 11.6 Å². The van der Waals surface area contributed by atoms with Crippen molar-refractivity contribution < 1.29 is 4.79 Å². The average Bonchev–Trinajstić information content (AvgIpc) is 3.36. The molecule has 0 aliphatic carbocycles. The number of nitrogens with zero attached hydrogens (tertiary/aromatic N) is 1. The number of aromatic nitrogens is 1. The van der Waals surface area contributed by atoms with Crippen molar-refractivity contribution in [2.45, 2.75) is 19.1 Å². The molecule has 0 unspecified atom stereocenters. The predicted molar refractivity (Wildman–Crippen MR) is 103 cm³/mol. The van der Waals surface area contributed by atoms with Crippen molar-refractivity contribution in [2.24, 2.45) is 0 Å². The molecular weight excluding hydrogens is 364 g/mol. The molecule has 0 saturated carbocycles. The maximum atomic E-state index is 13.3. The van der Waals surface area contributed by atoms with Gasteiger partial charge in [0.25, 0.3) is 5.91 Å². The van der Waals surface area contributed by atoms with E-state index in [9.17, 15) is 4.79 Å². The van der Waals surface area contributed by atoms with Gasteiger partial charge in [0, 0.05) is 41.7 Å². The molecule has 1 aromatic heterocycles. The standard InChI is InChI=1S/C19H19ClN6O/c20-15-7-3-6-11-14-10-26(9-8-16(14)21-17(11)15)19(27)13-5-2-1-4-12(13)18-22-24-25-23-18/h1-7,18,21-25H,8-10H2. The van der Waals surface area contributed by atoms with Gasteiger partial charge in [0.2, 0.25) is 0 Å². The second-order valence-corrected chi connectivity index (χ2v) is 7.19. The number of rotatable bonds is 2. The molecule has 0 spiro atoms. The summed E-state index contributed by atoms with van der Waals surface area (Å²) >= 11 is 6.33. The van der Waals surface area contributed by atoms with Crippen molar-refractivity contribution in [2.75, 3.05) is 6.54 Å². The summed E-state index contributed by atoms with van der Waals surface area (Å²) in [6.07, 6.45) is 0.606. The molecule has 8 heteroatoms. The number of halogens is 1. The van der Waals surface area contributed by atoms with E-state index < -0.39 is 0 Å². The molecule has 0 radical (unpaired) electrons. The lowest BCUT2D eigenvalue weighted by atomic mass is 10.0. The fraction of sp³-hybridized carbons (Fsp3) is 0.211. The molecule has 2 aromatic carbocycles. The Bertz CT molecular complexity index is 1030. The molecular formula is C19H19ClN6O. The first-order valence-electron chi connectivity index (χ1n) is 8.89. The van der Waals surface area contributed by atoms with Crippen LogP contribution in [0.25, 0.3) is 10.9 Å². The van der Waals surface area contributed by atoms with Crippen LogP contribution in [0.5, 0.6) is 0 Å². The zero-order chi connectivity index (χ0) is 18.4. The molecule has 1 saturated heterocycles. The molecule has 3 heterocycles. The molecule has 1 amide bonds. The lowest BCUT2D eigenvalue weighted by molar-refractivity contribution is 0.0733. The van der Waals surface area contributed by atoms with Crippen LogP contribution in [0.4, 0.5) is 0 Å². The molecule has 0 atom stereocenters. The summed E-state index contributed by atoms with van der Waals surface area (Å²) in [6.45, 7) is 1.25. The van der Waals surface area contributed by atoms with E-state index in [-0.39, 0.29) is 12.1 Å². The maximum Gasteiger partial charge on any atom is 0.254 e. The van der Waals surface area contributed by atoms with Gasteiger partial charge in [-0.05, 0) is 17.7 Å². The lowest BCUT2D eigenvalue weighted by Gasteiger charge is -2.28.